The second-order valence-corrected chi connectivity index (χ2v) is 4.39. The van der Waals surface area contributed by atoms with Gasteiger partial charge in [0.2, 0.25) is 0 Å². The molecule has 0 aliphatic heterocycles. The number of nitrogens with one attached hydrogen (secondary N) is 2. The lowest BCUT2D eigenvalue weighted by Gasteiger charge is -2.08. The third-order valence-electron chi connectivity index (χ3n) is 2.69. The summed E-state index contributed by atoms with van der Waals surface area (Å²) in [5.74, 6) is -0.427. The standard InChI is InChI=1S/C15H19N3O2/c1-11-4-5-14(12(2)8-11)18-15(19)13(9-16)10-17-6-7-20-3/h4-5,8,10,17H,6-7H2,1-3H3,(H,18,19)/b13-10-. The summed E-state index contributed by atoms with van der Waals surface area (Å²) in [5, 5.41) is 14.6. The minimum absolute atomic E-state index is 0.0288. The van der Waals surface area contributed by atoms with Crippen LogP contribution in [0.15, 0.2) is 30.0 Å². The number of aryl methyl sites for hydroxylation is 2. The average Bonchev–Trinajstić information content (AvgIpc) is 2.42. The number of carbonyl (C=O) groups excluding carboxylic acids is 1. The molecule has 0 saturated carbocycles. The molecule has 20 heavy (non-hydrogen) atoms. The van der Waals surface area contributed by atoms with Crippen molar-refractivity contribution in [3.63, 3.8) is 0 Å². The summed E-state index contributed by atoms with van der Waals surface area (Å²) in [7, 11) is 1.59. The van der Waals surface area contributed by atoms with Crippen molar-refractivity contribution in [2.24, 2.45) is 0 Å². The van der Waals surface area contributed by atoms with Crippen molar-refractivity contribution in [1.82, 2.24) is 5.32 Å². The molecule has 0 aliphatic carbocycles. The second-order valence-electron chi connectivity index (χ2n) is 4.39. The molecule has 0 fully saturated rings. The summed E-state index contributed by atoms with van der Waals surface area (Å²) in [6.07, 6.45) is 1.40. The zero-order valence-electron chi connectivity index (χ0n) is 12.0. The van der Waals surface area contributed by atoms with E-state index in [0.717, 1.165) is 11.1 Å². The Bertz CT molecular complexity index is 545. The van der Waals surface area contributed by atoms with Gasteiger partial charge in [0.15, 0.2) is 0 Å². The molecule has 0 aromatic heterocycles. The number of nitriles is 1. The molecular weight excluding hydrogens is 254 g/mol. The Balaban J connectivity index is 2.70. The molecule has 106 valence electrons. The molecule has 5 heteroatoms. The van der Waals surface area contributed by atoms with Crippen molar-refractivity contribution < 1.29 is 9.53 Å². The van der Waals surface area contributed by atoms with Gasteiger partial charge in [0.05, 0.1) is 6.61 Å². The molecule has 1 aromatic rings. The molecular formula is C15H19N3O2. The number of hydrogen-bond acceptors (Lipinski definition) is 4. The number of ether oxygens (including phenoxy) is 1. The van der Waals surface area contributed by atoms with Gasteiger partial charge in [-0.25, -0.2) is 0 Å². The molecule has 5 nitrogen and oxygen atoms in total. The Hall–Kier alpha value is -2.32. The van der Waals surface area contributed by atoms with Crippen LogP contribution in [0.1, 0.15) is 11.1 Å². The van der Waals surface area contributed by atoms with Crippen LogP contribution in [0, 0.1) is 25.2 Å². The first-order valence-electron chi connectivity index (χ1n) is 6.29. The summed E-state index contributed by atoms with van der Waals surface area (Å²) in [5.41, 5.74) is 2.82. The van der Waals surface area contributed by atoms with Crippen molar-refractivity contribution in [2.75, 3.05) is 25.6 Å². The summed E-state index contributed by atoms with van der Waals surface area (Å²) < 4.78 is 4.87. The minimum atomic E-state index is -0.427. The smallest absolute Gasteiger partial charge is 0.267 e. The summed E-state index contributed by atoms with van der Waals surface area (Å²) in [4.78, 5) is 12.0. The van der Waals surface area contributed by atoms with Gasteiger partial charge in [-0.1, -0.05) is 17.7 Å². The molecule has 0 radical (unpaired) electrons. The predicted molar refractivity (Wildman–Crippen MR) is 78.1 cm³/mol. The van der Waals surface area contributed by atoms with E-state index in [9.17, 15) is 4.79 Å². The number of benzene rings is 1. The number of nitrogens with zero attached hydrogens (tertiary/aromatic N) is 1. The molecule has 0 unspecified atom stereocenters. The second kappa shape index (κ2) is 7.97. The van der Waals surface area contributed by atoms with E-state index in [-0.39, 0.29) is 5.57 Å². The van der Waals surface area contributed by atoms with Gasteiger partial charge in [-0.15, -0.1) is 0 Å². The SMILES string of the molecule is COCCN/C=C(/C#N)C(=O)Nc1ccc(C)cc1C. The van der Waals surface area contributed by atoms with Gasteiger partial charge in [-0.3, -0.25) is 4.79 Å². The zero-order valence-corrected chi connectivity index (χ0v) is 12.0. The van der Waals surface area contributed by atoms with Crippen molar-refractivity contribution in [3.05, 3.63) is 41.1 Å². The highest BCUT2D eigenvalue weighted by molar-refractivity contribution is 6.06. The highest BCUT2D eigenvalue weighted by Gasteiger charge is 2.10. The number of carbonyl (C=O) groups is 1. The fourth-order valence-electron chi connectivity index (χ4n) is 1.63. The van der Waals surface area contributed by atoms with Crippen LogP contribution in [0.4, 0.5) is 5.69 Å². The molecule has 2 N–H and O–H groups in total. The molecule has 0 heterocycles. The summed E-state index contributed by atoms with van der Waals surface area (Å²) >= 11 is 0. The van der Waals surface area contributed by atoms with Gasteiger partial charge < -0.3 is 15.4 Å². The molecule has 0 spiro atoms. The molecule has 1 rings (SSSR count). The van der Waals surface area contributed by atoms with Gasteiger partial charge in [-0.05, 0) is 25.5 Å². The molecule has 1 amide bonds. The van der Waals surface area contributed by atoms with E-state index in [1.165, 1.54) is 6.20 Å². The lowest BCUT2D eigenvalue weighted by atomic mass is 10.1. The van der Waals surface area contributed by atoms with Crippen LogP contribution in [0.2, 0.25) is 0 Å². The Morgan fingerprint density at radius 3 is 2.80 bits per heavy atom. The van der Waals surface area contributed by atoms with E-state index in [1.807, 2.05) is 38.1 Å². The van der Waals surface area contributed by atoms with Crippen LogP contribution < -0.4 is 10.6 Å². The third kappa shape index (κ3) is 4.75. The minimum Gasteiger partial charge on any atom is -0.387 e. The zero-order chi connectivity index (χ0) is 15.0. The van der Waals surface area contributed by atoms with E-state index < -0.39 is 5.91 Å². The Kier molecular flexibility index (Phi) is 6.27. The normalized spacial score (nSPS) is 10.8. The lowest BCUT2D eigenvalue weighted by Crippen LogP contribution is -2.19. The van der Waals surface area contributed by atoms with Crippen LogP contribution in [0.3, 0.4) is 0 Å². The van der Waals surface area contributed by atoms with E-state index in [0.29, 0.717) is 18.8 Å². The lowest BCUT2D eigenvalue weighted by molar-refractivity contribution is -0.112. The van der Waals surface area contributed by atoms with Crippen LogP contribution in [0.5, 0.6) is 0 Å². The number of amides is 1. The first kappa shape index (κ1) is 15.7. The van der Waals surface area contributed by atoms with Crippen LogP contribution in [0.25, 0.3) is 0 Å². The van der Waals surface area contributed by atoms with Gasteiger partial charge in [-0.2, -0.15) is 5.26 Å². The molecule has 0 aliphatic rings. The van der Waals surface area contributed by atoms with Crippen LogP contribution in [-0.4, -0.2) is 26.2 Å². The molecule has 0 atom stereocenters. The number of hydrogen-bond donors (Lipinski definition) is 2. The average molecular weight is 273 g/mol. The van der Waals surface area contributed by atoms with Crippen molar-refractivity contribution in [3.8, 4) is 6.07 Å². The highest BCUT2D eigenvalue weighted by atomic mass is 16.5. The first-order chi connectivity index (χ1) is 9.58. The first-order valence-corrected chi connectivity index (χ1v) is 6.29. The Morgan fingerprint density at radius 1 is 1.45 bits per heavy atom. The van der Waals surface area contributed by atoms with Crippen LogP contribution >= 0.6 is 0 Å². The van der Waals surface area contributed by atoms with E-state index in [4.69, 9.17) is 10.00 Å². The summed E-state index contributed by atoms with van der Waals surface area (Å²) in [6, 6.07) is 7.59. The molecule has 0 saturated heterocycles. The largest absolute Gasteiger partial charge is 0.387 e. The van der Waals surface area contributed by atoms with Gasteiger partial charge in [0, 0.05) is 25.5 Å². The Labute approximate surface area is 119 Å². The fourth-order valence-corrected chi connectivity index (χ4v) is 1.63. The van der Waals surface area contributed by atoms with Crippen molar-refractivity contribution in [2.45, 2.75) is 13.8 Å². The van der Waals surface area contributed by atoms with Crippen LogP contribution in [-0.2, 0) is 9.53 Å². The maximum absolute atomic E-state index is 12.0. The van der Waals surface area contributed by atoms with Gasteiger partial charge in [0.1, 0.15) is 11.6 Å². The maximum Gasteiger partial charge on any atom is 0.267 e. The maximum atomic E-state index is 12.0. The van der Waals surface area contributed by atoms with E-state index >= 15 is 0 Å². The summed E-state index contributed by atoms with van der Waals surface area (Å²) in [6.45, 7) is 4.95. The van der Waals surface area contributed by atoms with Gasteiger partial charge in [0.25, 0.3) is 5.91 Å². The van der Waals surface area contributed by atoms with Crippen molar-refractivity contribution in [1.29, 1.82) is 5.26 Å². The number of rotatable bonds is 6. The predicted octanol–water partition coefficient (Wildman–Crippen LogP) is 1.89. The van der Waals surface area contributed by atoms with Gasteiger partial charge >= 0.3 is 0 Å². The quantitative estimate of drug-likeness (QED) is 0.471. The highest BCUT2D eigenvalue weighted by Crippen LogP contribution is 2.16. The van der Waals surface area contributed by atoms with E-state index in [1.54, 1.807) is 7.11 Å². The topological polar surface area (TPSA) is 74.1 Å². The monoisotopic (exact) mass is 273 g/mol. The number of anilines is 1. The third-order valence-corrected chi connectivity index (χ3v) is 2.69. The molecule has 0 bridgehead atoms. The Morgan fingerprint density at radius 2 is 2.20 bits per heavy atom. The number of methoxy groups -OCH3 is 1. The molecule has 1 aromatic carbocycles. The van der Waals surface area contributed by atoms with Crippen molar-refractivity contribution >= 4 is 11.6 Å². The fraction of sp³-hybridized carbons (Fsp3) is 0.333. The van der Waals surface area contributed by atoms with E-state index in [2.05, 4.69) is 10.6 Å².